The fourth-order valence-electron chi connectivity index (χ4n) is 3.26. The van der Waals surface area contributed by atoms with Gasteiger partial charge in [0.05, 0.1) is 23.8 Å². The van der Waals surface area contributed by atoms with E-state index in [0.717, 1.165) is 18.2 Å². The molecule has 2 amide bonds. The van der Waals surface area contributed by atoms with Crippen LogP contribution in [0.5, 0.6) is 5.75 Å². The molecule has 1 heterocycles. The Morgan fingerprint density at radius 1 is 1.23 bits per heavy atom. The van der Waals surface area contributed by atoms with E-state index in [1.54, 1.807) is 13.0 Å². The van der Waals surface area contributed by atoms with Gasteiger partial charge < -0.3 is 15.0 Å². The van der Waals surface area contributed by atoms with E-state index in [0.29, 0.717) is 17.7 Å². The number of aryl methyl sites for hydroxylation is 1. The number of nitrogens with one attached hydrogen (secondary N) is 1. The molecular weight excluding hydrogens is 416 g/mol. The molecular formula is C22H22F4N2O3. The molecule has 1 N–H and O–H groups in total. The lowest BCUT2D eigenvalue weighted by Crippen LogP contribution is -2.28. The van der Waals surface area contributed by atoms with Crippen LogP contribution < -0.4 is 15.0 Å². The summed E-state index contributed by atoms with van der Waals surface area (Å²) in [5.74, 6) is -2.13. The van der Waals surface area contributed by atoms with E-state index in [1.807, 2.05) is 6.92 Å². The summed E-state index contributed by atoms with van der Waals surface area (Å²) in [6, 6.07) is 7.19. The fourth-order valence-corrected chi connectivity index (χ4v) is 3.26. The van der Waals surface area contributed by atoms with Crippen molar-refractivity contribution in [3.8, 4) is 5.75 Å². The van der Waals surface area contributed by atoms with E-state index in [-0.39, 0.29) is 36.9 Å². The molecule has 5 nitrogen and oxygen atoms in total. The van der Waals surface area contributed by atoms with Gasteiger partial charge in [-0.15, -0.1) is 0 Å². The maximum Gasteiger partial charge on any atom is 0.416 e. The van der Waals surface area contributed by atoms with E-state index >= 15 is 0 Å². The van der Waals surface area contributed by atoms with Crippen molar-refractivity contribution < 1.29 is 31.9 Å². The van der Waals surface area contributed by atoms with Gasteiger partial charge in [-0.05, 0) is 49.2 Å². The summed E-state index contributed by atoms with van der Waals surface area (Å²) >= 11 is 0. The Hall–Kier alpha value is -3.10. The number of hydrogen-bond donors (Lipinski definition) is 1. The third-order valence-corrected chi connectivity index (χ3v) is 4.99. The molecule has 1 aliphatic rings. The molecule has 1 atom stereocenters. The number of carbonyl (C=O) groups excluding carboxylic acids is 2. The van der Waals surface area contributed by atoms with Gasteiger partial charge in [0, 0.05) is 18.7 Å². The molecule has 1 saturated heterocycles. The Labute approximate surface area is 177 Å². The van der Waals surface area contributed by atoms with Gasteiger partial charge in [0.15, 0.2) is 0 Å². The maximum atomic E-state index is 13.9. The molecule has 0 bridgehead atoms. The lowest BCUT2D eigenvalue weighted by molar-refractivity contribution is -0.137. The second-order valence-electron chi connectivity index (χ2n) is 7.39. The van der Waals surface area contributed by atoms with Gasteiger partial charge in [-0.2, -0.15) is 13.2 Å². The summed E-state index contributed by atoms with van der Waals surface area (Å²) in [7, 11) is 0. The molecule has 1 unspecified atom stereocenters. The summed E-state index contributed by atoms with van der Waals surface area (Å²) in [4.78, 5) is 26.4. The van der Waals surface area contributed by atoms with Crippen LogP contribution >= 0.6 is 0 Å². The minimum absolute atomic E-state index is 0.00270. The number of hydrogen-bond acceptors (Lipinski definition) is 3. The second-order valence-corrected chi connectivity index (χ2v) is 7.39. The molecule has 0 radical (unpaired) electrons. The quantitative estimate of drug-likeness (QED) is 0.651. The number of anilines is 2. The molecule has 0 saturated carbocycles. The van der Waals surface area contributed by atoms with Crippen molar-refractivity contribution in [2.24, 2.45) is 5.92 Å². The Balaban J connectivity index is 1.79. The highest BCUT2D eigenvalue weighted by Gasteiger charge is 2.36. The highest BCUT2D eigenvalue weighted by Crippen LogP contribution is 2.36. The second kappa shape index (κ2) is 8.95. The average molecular weight is 438 g/mol. The number of carbonyl (C=O) groups is 2. The van der Waals surface area contributed by atoms with Crippen LogP contribution in [0.25, 0.3) is 0 Å². The van der Waals surface area contributed by atoms with Crippen molar-refractivity contribution in [1.29, 1.82) is 0 Å². The Morgan fingerprint density at radius 3 is 2.61 bits per heavy atom. The predicted molar refractivity (Wildman–Crippen MR) is 107 cm³/mol. The first-order valence-corrected chi connectivity index (χ1v) is 9.81. The molecule has 1 fully saturated rings. The number of ether oxygens (including phenoxy) is 1. The zero-order valence-corrected chi connectivity index (χ0v) is 17.1. The van der Waals surface area contributed by atoms with Crippen molar-refractivity contribution in [2.45, 2.75) is 32.9 Å². The fraction of sp³-hybridized carbons (Fsp3) is 0.364. The predicted octanol–water partition coefficient (Wildman–Crippen LogP) is 4.93. The summed E-state index contributed by atoms with van der Waals surface area (Å²) in [6.45, 7) is 3.70. The van der Waals surface area contributed by atoms with Crippen LogP contribution in [0.1, 0.15) is 30.9 Å². The van der Waals surface area contributed by atoms with Crippen LogP contribution in [0.4, 0.5) is 28.9 Å². The molecule has 0 aliphatic carbocycles. The van der Waals surface area contributed by atoms with Gasteiger partial charge in [-0.1, -0.05) is 13.0 Å². The standard InChI is InChI=1S/C22H22F4N2O3/c1-3-8-31-19-7-5-15(22(24,25)26)10-18(19)27-21(30)14-9-20(29)28(12-14)16-6-4-13(2)17(23)11-16/h4-7,10-11,14H,3,8-9,12H2,1-2H3,(H,27,30). The summed E-state index contributed by atoms with van der Waals surface area (Å²) < 4.78 is 58.6. The molecule has 0 aromatic heterocycles. The van der Waals surface area contributed by atoms with E-state index in [1.165, 1.54) is 17.0 Å². The van der Waals surface area contributed by atoms with Crippen molar-refractivity contribution >= 4 is 23.2 Å². The molecule has 31 heavy (non-hydrogen) atoms. The minimum atomic E-state index is -4.58. The number of nitrogens with zero attached hydrogens (tertiary/aromatic N) is 1. The van der Waals surface area contributed by atoms with Crippen LogP contribution in [-0.2, 0) is 15.8 Å². The van der Waals surface area contributed by atoms with Gasteiger partial charge >= 0.3 is 6.18 Å². The van der Waals surface area contributed by atoms with E-state index in [2.05, 4.69) is 5.32 Å². The minimum Gasteiger partial charge on any atom is -0.491 e. The normalized spacial score (nSPS) is 16.5. The summed E-state index contributed by atoms with van der Waals surface area (Å²) in [6.07, 6.45) is -4.09. The lowest BCUT2D eigenvalue weighted by Gasteiger charge is -2.18. The molecule has 9 heteroatoms. The Morgan fingerprint density at radius 2 is 1.97 bits per heavy atom. The maximum absolute atomic E-state index is 13.9. The number of benzene rings is 2. The SMILES string of the molecule is CCCOc1ccc(C(F)(F)F)cc1NC(=O)C1CC(=O)N(c2ccc(C)c(F)c2)C1. The smallest absolute Gasteiger partial charge is 0.416 e. The van der Waals surface area contributed by atoms with E-state index < -0.39 is 29.4 Å². The largest absolute Gasteiger partial charge is 0.491 e. The van der Waals surface area contributed by atoms with Crippen LogP contribution in [0, 0.1) is 18.7 Å². The van der Waals surface area contributed by atoms with Gasteiger partial charge in [0.25, 0.3) is 0 Å². The zero-order chi connectivity index (χ0) is 22.8. The number of halogens is 4. The molecule has 3 rings (SSSR count). The van der Waals surface area contributed by atoms with Gasteiger partial charge in [-0.25, -0.2) is 4.39 Å². The van der Waals surface area contributed by atoms with Gasteiger partial charge in [0.2, 0.25) is 11.8 Å². The first kappa shape index (κ1) is 22.6. The van der Waals surface area contributed by atoms with Gasteiger partial charge in [0.1, 0.15) is 11.6 Å². The average Bonchev–Trinajstić information content (AvgIpc) is 3.10. The van der Waals surface area contributed by atoms with Crippen molar-refractivity contribution in [3.05, 3.63) is 53.3 Å². The molecule has 0 spiro atoms. The Kier molecular flexibility index (Phi) is 6.52. The topological polar surface area (TPSA) is 58.6 Å². The summed E-state index contributed by atoms with van der Waals surface area (Å²) in [5, 5.41) is 2.47. The van der Waals surface area contributed by atoms with Crippen molar-refractivity contribution in [1.82, 2.24) is 0 Å². The van der Waals surface area contributed by atoms with Crippen LogP contribution in [0.15, 0.2) is 36.4 Å². The highest BCUT2D eigenvalue weighted by molar-refractivity contribution is 6.04. The number of alkyl halides is 3. The van der Waals surface area contributed by atoms with E-state index in [4.69, 9.17) is 4.74 Å². The highest BCUT2D eigenvalue weighted by atomic mass is 19.4. The molecule has 1 aliphatic heterocycles. The molecule has 2 aromatic rings. The third-order valence-electron chi connectivity index (χ3n) is 4.99. The number of rotatable bonds is 6. The van der Waals surface area contributed by atoms with Crippen molar-refractivity contribution in [3.63, 3.8) is 0 Å². The molecule has 166 valence electrons. The van der Waals surface area contributed by atoms with E-state index in [9.17, 15) is 27.2 Å². The Bertz CT molecular complexity index is 991. The van der Waals surface area contributed by atoms with Crippen molar-refractivity contribution in [2.75, 3.05) is 23.4 Å². The van der Waals surface area contributed by atoms with Crippen LogP contribution in [0.3, 0.4) is 0 Å². The van der Waals surface area contributed by atoms with Crippen LogP contribution in [0.2, 0.25) is 0 Å². The van der Waals surface area contributed by atoms with Crippen LogP contribution in [-0.4, -0.2) is 25.0 Å². The first-order valence-electron chi connectivity index (χ1n) is 9.81. The monoisotopic (exact) mass is 438 g/mol. The third kappa shape index (κ3) is 5.15. The zero-order valence-electron chi connectivity index (χ0n) is 17.1. The number of amides is 2. The first-order chi connectivity index (χ1) is 14.6. The molecule has 2 aromatic carbocycles. The van der Waals surface area contributed by atoms with Gasteiger partial charge in [-0.3, -0.25) is 9.59 Å². The summed E-state index contributed by atoms with van der Waals surface area (Å²) in [5.41, 5.74) is -0.283. The lowest BCUT2D eigenvalue weighted by atomic mass is 10.1.